The predicted octanol–water partition coefficient (Wildman–Crippen LogP) is 7.89. The van der Waals surface area contributed by atoms with E-state index in [1.807, 2.05) is 48.5 Å². The second-order valence-corrected chi connectivity index (χ2v) is 9.23. The maximum Gasteiger partial charge on any atom is 0.170 e. The standard InChI is InChI=1S/C31H20ClN3O/c32-25-14-6-12-23-27-24(13-7-15-26(27)36-28(23)25)31-34-29(20-9-2-1-3-10-20)33-30(35-31)22-17-16-19-8-4-5-11-21(19)18-22/h1-18,31H,(H,33,34,35). The summed E-state index contributed by atoms with van der Waals surface area (Å²) < 4.78 is 6.14. The Bertz CT molecular complexity index is 1840. The van der Waals surface area contributed by atoms with E-state index >= 15 is 0 Å². The number of aliphatic imine (C=N–C) groups is 2. The molecule has 4 nitrogen and oxygen atoms in total. The number of furan rings is 1. The normalized spacial score (nSPS) is 15.6. The van der Waals surface area contributed by atoms with Crippen LogP contribution in [-0.4, -0.2) is 11.7 Å². The fraction of sp³-hybridized carbons (Fsp3) is 0.0323. The Morgan fingerprint density at radius 3 is 2.28 bits per heavy atom. The highest BCUT2D eigenvalue weighted by Gasteiger charge is 2.24. The van der Waals surface area contributed by atoms with E-state index in [1.165, 1.54) is 5.39 Å². The van der Waals surface area contributed by atoms with Crippen LogP contribution in [0.1, 0.15) is 22.9 Å². The molecule has 1 unspecified atom stereocenters. The summed E-state index contributed by atoms with van der Waals surface area (Å²) in [6, 6.07) is 36.7. The van der Waals surface area contributed by atoms with Gasteiger partial charge >= 0.3 is 0 Å². The van der Waals surface area contributed by atoms with Crippen molar-refractivity contribution in [3.8, 4) is 0 Å². The molecule has 1 aromatic heterocycles. The average molecular weight is 486 g/mol. The summed E-state index contributed by atoms with van der Waals surface area (Å²) in [6.45, 7) is 0. The van der Waals surface area contributed by atoms with Crippen molar-refractivity contribution in [1.82, 2.24) is 5.32 Å². The molecular formula is C31H20ClN3O. The molecule has 1 N–H and O–H groups in total. The van der Waals surface area contributed by atoms with E-state index in [2.05, 4.69) is 66.0 Å². The van der Waals surface area contributed by atoms with Crippen molar-refractivity contribution < 1.29 is 4.42 Å². The lowest BCUT2D eigenvalue weighted by Crippen LogP contribution is -2.36. The first-order valence-electron chi connectivity index (χ1n) is 11.8. The van der Waals surface area contributed by atoms with Gasteiger partial charge in [0.1, 0.15) is 17.3 Å². The third-order valence-corrected chi connectivity index (χ3v) is 6.89. The van der Waals surface area contributed by atoms with Crippen LogP contribution in [0.4, 0.5) is 0 Å². The van der Waals surface area contributed by atoms with Gasteiger partial charge in [0.2, 0.25) is 0 Å². The Morgan fingerprint density at radius 2 is 1.42 bits per heavy atom. The zero-order valence-corrected chi connectivity index (χ0v) is 19.9. The number of fused-ring (bicyclic) bond motifs is 4. The highest BCUT2D eigenvalue weighted by molar-refractivity contribution is 6.35. The molecule has 0 fully saturated rings. The van der Waals surface area contributed by atoms with Gasteiger partial charge in [-0.25, -0.2) is 9.98 Å². The number of para-hydroxylation sites is 1. The maximum absolute atomic E-state index is 6.46. The molecule has 0 bridgehead atoms. The Labute approximate surface area is 212 Å². The molecule has 0 saturated carbocycles. The minimum absolute atomic E-state index is 0.452. The van der Waals surface area contributed by atoms with E-state index in [0.717, 1.165) is 50.1 Å². The van der Waals surface area contributed by atoms with E-state index in [0.29, 0.717) is 10.6 Å². The molecule has 1 aliphatic rings. The molecule has 0 aliphatic carbocycles. The summed E-state index contributed by atoms with van der Waals surface area (Å²) in [7, 11) is 0. The minimum Gasteiger partial charge on any atom is -0.454 e. The van der Waals surface area contributed by atoms with Gasteiger partial charge in [0.25, 0.3) is 0 Å². The van der Waals surface area contributed by atoms with Crippen LogP contribution in [-0.2, 0) is 0 Å². The van der Waals surface area contributed by atoms with Crippen LogP contribution in [0.3, 0.4) is 0 Å². The Kier molecular flexibility index (Phi) is 4.86. The van der Waals surface area contributed by atoms with Crippen molar-refractivity contribution in [2.75, 3.05) is 0 Å². The molecule has 1 atom stereocenters. The molecule has 5 heteroatoms. The predicted molar refractivity (Wildman–Crippen MR) is 148 cm³/mol. The van der Waals surface area contributed by atoms with Crippen LogP contribution in [0.25, 0.3) is 32.7 Å². The SMILES string of the molecule is Clc1cccc2c1oc1cccc(C3N=C(c4ccccc4)NC(c4ccc5ccccc5c4)=N3)c12. The number of amidine groups is 2. The first-order chi connectivity index (χ1) is 17.7. The molecule has 36 heavy (non-hydrogen) atoms. The Morgan fingerprint density at radius 1 is 0.667 bits per heavy atom. The van der Waals surface area contributed by atoms with E-state index in [1.54, 1.807) is 0 Å². The second-order valence-electron chi connectivity index (χ2n) is 8.82. The lowest BCUT2D eigenvalue weighted by Gasteiger charge is -2.23. The largest absolute Gasteiger partial charge is 0.454 e. The molecule has 2 heterocycles. The summed E-state index contributed by atoms with van der Waals surface area (Å²) in [4.78, 5) is 10.2. The summed E-state index contributed by atoms with van der Waals surface area (Å²) in [6.07, 6.45) is -0.452. The average Bonchev–Trinajstić information content (AvgIpc) is 3.33. The summed E-state index contributed by atoms with van der Waals surface area (Å²) in [5.41, 5.74) is 4.44. The van der Waals surface area contributed by atoms with Crippen LogP contribution >= 0.6 is 11.6 Å². The number of rotatable bonds is 3. The zero-order valence-electron chi connectivity index (χ0n) is 19.2. The van der Waals surface area contributed by atoms with Crippen molar-refractivity contribution in [1.29, 1.82) is 0 Å². The quantitative estimate of drug-likeness (QED) is 0.277. The molecule has 0 amide bonds. The topological polar surface area (TPSA) is 49.9 Å². The van der Waals surface area contributed by atoms with Gasteiger partial charge in [-0.05, 0) is 29.0 Å². The van der Waals surface area contributed by atoms with Crippen LogP contribution in [0.5, 0.6) is 0 Å². The van der Waals surface area contributed by atoms with Gasteiger partial charge in [0.15, 0.2) is 11.7 Å². The fourth-order valence-electron chi connectivity index (χ4n) is 4.87. The van der Waals surface area contributed by atoms with Gasteiger partial charge < -0.3 is 9.73 Å². The Hall–Kier alpha value is -4.41. The number of nitrogens with one attached hydrogen (secondary N) is 1. The number of hydrogen-bond donors (Lipinski definition) is 1. The number of benzene rings is 5. The molecule has 1 aliphatic heterocycles. The van der Waals surface area contributed by atoms with Gasteiger partial charge in [-0.3, -0.25) is 0 Å². The van der Waals surface area contributed by atoms with E-state index in [4.69, 9.17) is 26.0 Å². The molecule has 5 aromatic carbocycles. The van der Waals surface area contributed by atoms with Gasteiger partial charge in [-0.15, -0.1) is 0 Å². The van der Waals surface area contributed by atoms with Gasteiger partial charge in [-0.2, -0.15) is 0 Å². The second kappa shape index (κ2) is 8.36. The number of nitrogens with zero attached hydrogens (tertiary/aromatic N) is 2. The molecule has 0 saturated heterocycles. The molecule has 7 rings (SSSR count). The van der Waals surface area contributed by atoms with Crippen LogP contribution in [0.15, 0.2) is 124 Å². The van der Waals surface area contributed by atoms with E-state index < -0.39 is 6.17 Å². The Balaban J connectivity index is 1.44. The maximum atomic E-state index is 6.46. The van der Waals surface area contributed by atoms with Crippen molar-refractivity contribution in [3.63, 3.8) is 0 Å². The third kappa shape index (κ3) is 3.46. The van der Waals surface area contributed by atoms with Crippen molar-refractivity contribution in [2.24, 2.45) is 9.98 Å². The third-order valence-electron chi connectivity index (χ3n) is 6.59. The van der Waals surface area contributed by atoms with Crippen LogP contribution in [0, 0.1) is 0 Å². The minimum atomic E-state index is -0.452. The molecule has 0 radical (unpaired) electrons. The zero-order chi connectivity index (χ0) is 24.1. The molecule has 6 aromatic rings. The first kappa shape index (κ1) is 20.9. The van der Waals surface area contributed by atoms with Gasteiger partial charge in [0, 0.05) is 27.5 Å². The van der Waals surface area contributed by atoms with Crippen LogP contribution < -0.4 is 5.32 Å². The number of hydrogen-bond acceptors (Lipinski definition) is 4. The van der Waals surface area contributed by atoms with Crippen LogP contribution in [0.2, 0.25) is 5.02 Å². The van der Waals surface area contributed by atoms with E-state index in [9.17, 15) is 0 Å². The molecular weight excluding hydrogens is 466 g/mol. The first-order valence-corrected chi connectivity index (χ1v) is 12.2. The van der Waals surface area contributed by atoms with Crippen molar-refractivity contribution >= 4 is 56.0 Å². The smallest absolute Gasteiger partial charge is 0.170 e. The van der Waals surface area contributed by atoms with Crippen molar-refractivity contribution in [3.05, 3.63) is 131 Å². The summed E-state index contributed by atoms with van der Waals surface area (Å²) in [5.74, 6) is 1.56. The summed E-state index contributed by atoms with van der Waals surface area (Å²) >= 11 is 6.46. The highest BCUT2D eigenvalue weighted by atomic mass is 35.5. The number of halogens is 1. The monoisotopic (exact) mass is 485 g/mol. The van der Waals surface area contributed by atoms with Crippen molar-refractivity contribution in [2.45, 2.75) is 6.17 Å². The lowest BCUT2D eigenvalue weighted by molar-refractivity contribution is 0.667. The lowest BCUT2D eigenvalue weighted by atomic mass is 10.0. The molecule has 172 valence electrons. The van der Waals surface area contributed by atoms with E-state index in [-0.39, 0.29) is 0 Å². The highest BCUT2D eigenvalue weighted by Crippen LogP contribution is 2.39. The van der Waals surface area contributed by atoms with Gasteiger partial charge in [0.05, 0.1) is 5.02 Å². The van der Waals surface area contributed by atoms with Gasteiger partial charge in [-0.1, -0.05) is 103 Å². The fourth-order valence-corrected chi connectivity index (χ4v) is 5.08. The molecule has 0 spiro atoms. The summed E-state index contributed by atoms with van der Waals surface area (Å²) in [5, 5.41) is 8.39.